The van der Waals surface area contributed by atoms with Crippen molar-refractivity contribution in [2.45, 2.75) is 31.8 Å². The van der Waals surface area contributed by atoms with Gasteiger partial charge in [-0.1, -0.05) is 0 Å². The van der Waals surface area contributed by atoms with Gasteiger partial charge in [0.1, 0.15) is 5.75 Å². The Morgan fingerprint density at radius 1 is 1.15 bits per heavy atom. The Hall–Kier alpha value is -2.05. The van der Waals surface area contributed by atoms with E-state index < -0.39 is 0 Å². The Bertz CT molecular complexity index is 751. The van der Waals surface area contributed by atoms with E-state index >= 15 is 0 Å². The molecule has 2 amide bonds. The van der Waals surface area contributed by atoms with Gasteiger partial charge in [-0.3, -0.25) is 4.90 Å². The average molecular weight is 372 g/mol. The normalized spacial score (nSPS) is 18.4. The molecule has 0 unspecified atom stereocenters. The van der Waals surface area contributed by atoms with Crippen LogP contribution < -0.4 is 10.1 Å². The number of rotatable bonds is 3. The predicted molar refractivity (Wildman–Crippen MR) is 105 cm³/mol. The van der Waals surface area contributed by atoms with Gasteiger partial charge < -0.3 is 15.0 Å². The summed E-state index contributed by atoms with van der Waals surface area (Å²) in [6.45, 7) is 3.86. The number of urea groups is 1. The van der Waals surface area contributed by atoms with E-state index in [-0.39, 0.29) is 6.03 Å². The lowest BCUT2D eigenvalue weighted by Crippen LogP contribution is -2.48. The van der Waals surface area contributed by atoms with Crippen LogP contribution in [-0.4, -0.2) is 48.6 Å². The van der Waals surface area contributed by atoms with Crippen molar-refractivity contribution in [1.82, 2.24) is 9.80 Å². The average Bonchev–Trinajstić information content (AvgIpc) is 3.16. The molecule has 2 aromatic rings. The number of thiophene rings is 1. The third-order valence-corrected chi connectivity index (χ3v) is 6.47. The number of piperidine rings is 1. The summed E-state index contributed by atoms with van der Waals surface area (Å²) in [5, 5.41) is 5.19. The molecule has 0 aliphatic carbocycles. The van der Waals surface area contributed by atoms with Crippen molar-refractivity contribution < 1.29 is 9.53 Å². The van der Waals surface area contributed by atoms with Crippen molar-refractivity contribution in [1.29, 1.82) is 0 Å². The van der Waals surface area contributed by atoms with Gasteiger partial charge in [0, 0.05) is 42.8 Å². The van der Waals surface area contributed by atoms with Crippen LogP contribution in [-0.2, 0) is 13.0 Å². The highest BCUT2D eigenvalue weighted by Gasteiger charge is 2.29. The van der Waals surface area contributed by atoms with Gasteiger partial charge >= 0.3 is 6.03 Å². The Labute approximate surface area is 158 Å². The van der Waals surface area contributed by atoms with Crippen LogP contribution in [0.2, 0.25) is 0 Å². The number of carbonyl (C=O) groups excluding carboxylic acids is 1. The summed E-state index contributed by atoms with van der Waals surface area (Å²) in [7, 11) is 1.64. The molecule has 6 heteroatoms. The minimum absolute atomic E-state index is 0.00705. The van der Waals surface area contributed by atoms with Crippen LogP contribution in [0.15, 0.2) is 35.7 Å². The highest BCUT2D eigenvalue weighted by Crippen LogP contribution is 2.28. The maximum atomic E-state index is 12.5. The summed E-state index contributed by atoms with van der Waals surface area (Å²) in [6.07, 6.45) is 3.27. The van der Waals surface area contributed by atoms with Gasteiger partial charge in [0.15, 0.2) is 0 Å². The number of nitrogens with one attached hydrogen (secondary N) is 1. The van der Waals surface area contributed by atoms with Gasteiger partial charge in [0.25, 0.3) is 0 Å². The van der Waals surface area contributed by atoms with E-state index in [1.54, 1.807) is 12.0 Å². The zero-order valence-electron chi connectivity index (χ0n) is 15.1. The lowest BCUT2D eigenvalue weighted by atomic mass is 10.00. The molecule has 0 atom stereocenters. The van der Waals surface area contributed by atoms with Crippen molar-refractivity contribution >= 4 is 23.1 Å². The molecule has 138 valence electrons. The number of fused-ring (bicyclic) bond motifs is 1. The largest absolute Gasteiger partial charge is 0.497 e. The molecule has 0 bridgehead atoms. The number of ether oxygens (including phenoxy) is 1. The minimum Gasteiger partial charge on any atom is -0.497 e. The van der Waals surface area contributed by atoms with Crippen LogP contribution in [0.3, 0.4) is 0 Å². The zero-order chi connectivity index (χ0) is 17.9. The summed E-state index contributed by atoms with van der Waals surface area (Å²) < 4.78 is 5.15. The first-order valence-electron chi connectivity index (χ1n) is 9.22. The summed E-state index contributed by atoms with van der Waals surface area (Å²) in [5.74, 6) is 0.791. The highest BCUT2D eigenvalue weighted by atomic mass is 32.1. The molecule has 2 aliphatic rings. The monoisotopic (exact) mass is 371 g/mol. The molecule has 2 aliphatic heterocycles. The first-order valence-corrected chi connectivity index (χ1v) is 10.1. The fourth-order valence-corrected chi connectivity index (χ4v) is 4.78. The van der Waals surface area contributed by atoms with E-state index in [2.05, 4.69) is 21.7 Å². The Morgan fingerprint density at radius 2 is 1.92 bits per heavy atom. The highest BCUT2D eigenvalue weighted by molar-refractivity contribution is 7.10. The second kappa shape index (κ2) is 7.68. The van der Waals surface area contributed by atoms with E-state index in [1.165, 1.54) is 12.0 Å². The number of nitrogens with zero attached hydrogens (tertiary/aromatic N) is 2. The van der Waals surface area contributed by atoms with Gasteiger partial charge in [0.05, 0.1) is 7.11 Å². The van der Waals surface area contributed by atoms with Crippen molar-refractivity contribution in [3.63, 3.8) is 0 Å². The first kappa shape index (κ1) is 17.4. The number of carbonyl (C=O) groups is 1. The molecule has 1 fully saturated rings. The molecule has 4 rings (SSSR count). The van der Waals surface area contributed by atoms with Crippen molar-refractivity contribution in [2.24, 2.45) is 0 Å². The number of amides is 2. The summed E-state index contributed by atoms with van der Waals surface area (Å²) >= 11 is 1.89. The van der Waals surface area contributed by atoms with Crippen LogP contribution in [0.25, 0.3) is 0 Å². The molecule has 26 heavy (non-hydrogen) atoms. The molecule has 3 heterocycles. The van der Waals surface area contributed by atoms with Crippen LogP contribution in [0.1, 0.15) is 23.3 Å². The number of hydrogen-bond donors (Lipinski definition) is 1. The van der Waals surface area contributed by atoms with Gasteiger partial charge in [0.2, 0.25) is 0 Å². The maximum Gasteiger partial charge on any atom is 0.321 e. The van der Waals surface area contributed by atoms with Crippen LogP contribution >= 0.6 is 11.3 Å². The van der Waals surface area contributed by atoms with Gasteiger partial charge in [-0.25, -0.2) is 4.79 Å². The smallest absolute Gasteiger partial charge is 0.321 e. The molecule has 1 aromatic heterocycles. The molecule has 0 saturated carbocycles. The van der Waals surface area contributed by atoms with E-state index in [4.69, 9.17) is 4.74 Å². The molecule has 0 radical (unpaired) electrons. The van der Waals surface area contributed by atoms with E-state index in [1.807, 2.05) is 40.5 Å². The fourth-order valence-electron chi connectivity index (χ4n) is 3.89. The lowest BCUT2D eigenvalue weighted by Gasteiger charge is -2.40. The third kappa shape index (κ3) is 3.71. The van der Waals surface area contributed by atoms with Crippen molar-refractivity contribution in [3.05, 3.63) is 46.2 Å². The van der Waals surface area contributed by atoms with Crippen molar-refractivity contribution in [2.75, 3.05) is 32.1 Å². The lowest BCUT2D eigenvalue weighted by molar-refractivity contribution is 0.111. The predicted octanol–water partition coefficient (Wildman–Crippen LogP) is 3.81. The second-order valence-electron chi connectivity index (χ2n) is 6.97. The molecule has 0 spiro atoms. The molecular formula is C20H25N3O2S. The molecular weight excluding hydrogens is 346 g/mol. The number of methoxy groups -OCH3 is 1. The van der Waals surface area contributed by atoms with Gasteiger partial charge in [-0.2, -0.15) is 0 Å². The zero-order valence-corrected chi connectivity index (χ0v) is 15.9. The van der Waals surface area contributed by atoms with E-state index in [0.717, 1.165) is 50.5 Å². The summed E-state index contributed by atoms with van der Waals surface area (Å²) in [5.41, 5.74) is 2.31. The number of benzene rings is 1. The number of likely N-dealkylation sites (tertiary alicyclic amines) is 1. The van der Waals surface area contributed by atoms with Crippen LogP contribution in [0.5, 0.6) is 5.75 Å². The number of hydrogen-bond acceptors (Lipinski definition) is 4. The second-order valence-corrected chi connectivity index (χ2v) is 7.97. The molecule has 5 nitrogen and oxygen atoms in total. The Kier molecular flexibility index (Phi) is 5.13. The summed E-state index contributed by atoms with van der Waals surface area (Å²) in [6, 6.07) is 10.3. The Morgan fingerprint density at radius 3 is 2.65 bits per heavy atom. The SMILES string of the molecule is COc1ccc(NC(=O)N2CCC(N3CCc4sccc4C3)CC2)cc1. The molecule has 1 aromatic carbocycles. The fraction of sp³-hybridized carbons (Fsp3) is 0.450. The van der Waals surface area contributed by atoms with E-state index in [9.17, 15) is 4.79 Å². The molecule has 1 saturated heterocycles. The maximum absolute atomic E-state index is 12.5. The third-order valence-electron chi connectivity index (χ3n) is 5.45. The van der Waals surface area contributed by atoms with Crippen LogP contribution in [0, 0.1) is 0 Å². The van der Waals surface area contributed by atoms with Crippen LogP contribution in [0.4, 0.5) is 10.5 Å². The first-order chi connectivity index (χ1) is 12.7. The van der Waals surface area contributed by atoms with Gasteiger partial charge in [-0.15, -0.1) is 11.3 Å². The standard InChI is InChI=1S/C20H25N3O2S/c1-25-18-4-2-16(3-5-18)21-20(24)22-10-6-17(7-11-22)23-12-8-19-15(14-23)9-13-26-19/h2-5,9,13,17H,6-8,10-12,14H2,1H3,(H,21,24). The van der Waals surface area contributed by atoms with E-state index in [0.29, 0.717) is 6.04 Å². The topological polar surface area (TPSA) is 44.8 Å². The van der Waals surface area contributed by atoms with Crippen molar-refractivity contribution in [3.8, 4) is 5.75 Å². The van der Waals surface area contributed by atoms with Gasteiger partial charge in [-0.05, 0) is 60.5 Å². The minimum atomic E-state index is -0.00705. The molecule has 1 N–H and O–H groups in total. The quantitative estimate of drug-likeness (QED) is 0.892. The Balaban J connectivity index is 1.28. The number of anilines is 1. The summed E-state index contributed by atoms with van der Waals surface area (Å²) in [4.78, 5) is 18.6.